The quantitative estimate of drug-likeness (QED) is 0.103. The van der Waals surface area contributed by atoms with Crippen LogP contribution in [0.1, 0.15) is 84.9 Å². The van der Waals surface area contributed by atoms with E-state index in [1.165, 1.54) is 11.1 Å². The molecule has 260 valence electrons. The van der Waals surface area contributed by atoms with E-state index in [0.29, 0.717) is 22.3 Å². The van der Waals surface area contributed by atoms with Crippen molar-refractivity contribution in [3.63, 3.8) is 0 Å². The second-order valence-electron chi connectivity index (χ2n) is 13.4. The lowest BCUT2D eigenvalue weighted by Gasteiger charge is -2.32. The minimum absolute atomic E-state index is 0.226. The summed E-state index contributed by atoms with van der Waals surface area (Å²) in [6.07, 6.45) is 2.93. The van der Waals surface area contributed by atoms with Gasteiger partial charge in [0.05, 0.1) is 29.9 Å². The van der Waals surface area contributed by atoms with Crippen molar-refractivity contribution in [2.24, 2.45) is 0 Å². The first-order valence-corrected chi connectivity index (χ1v) is 18.1. The number of ether oxygens (including phenoxy) is 2. The molecule has 0 aromatic heterocycles. The summed E-state index contributed by atoms with van der Waals surface area (Å²) in [4.78, 5) is 27.6. The number of benzene rings is 6. The molecule has 0 saturated heterocycles. The molecule has 0 aliphatic heterocycles. The first-order valence-electron chi connectivity index (χ1n) is 18.1. The van der Waals surface area contributed by atoms with E-state index in [9.17, 15) is 9.59 Å². The summed E-state index contributed by atoms with van der Waals surface area (Å²) >= 11 is 0. The summed E-state index contributed by atoms with van der Waals surface area (Å²) in [5, 5.41) is 8.03. The second kappa shape index (κ2) is 15.2. The van der Waals surface area contributed by atoms with E-state index in [4.69, 9.17) is 9.47 Å². The van der Waals surface area contributed by atoms with Crippen LogP contribution >= 0.6 is 0 Å². The Bertz CT molecular complexity index is 2200. The molecule has 0 aliphatic carbocycles. The van der Waals surface area contributed by atoms with Crippen molar-refractivity contribution in [2.75, 3.05) is 18.5 Å². The third kappa shape index (κ3) is 7.25. The highest BCUT2D eigenvalue weighted by atomic mass is 16.5. The zero-order chi connectivity index (χ0) is 36.1. The van der Waals surface area contributed by atoms with E-state index < -0.39 is 11.9 Å². The lowest BCUT2D eigenvalue weighted by atomic mass is 9.85. The van der Waals surface area contributed by atoms with Crippen LogP contribution in [0.4, 0.5) is 5.69 Å². The number of esters is 2. The highest BCUT2D eigenvalue weighted by molar-refractivity contribution is 6.16. The second-order valence-corrected chi connectivity index (χ2v) is 13.4. The summed E-state index contributed by atoms with van der Waals surface area (Å²) in [5.74, 6) is -0.883. The normalized spacial score (nSPS) is 12.4. The molecule has 0 saturated carbocycles. The SMILES string of the molecule is CCCc1ccc2cc(-c3cc(C(=O)OCC)c(-c4ccc(C(C)(CC)Nc5ccc(C)cc5)cc4)cc3C(=O)OCC)c3ccccc3c2c1. The maximum Gasteiger partial charge on any atom is 0.338 e. The molecule has 51 heavy (non-hydrogen) atoms. The van der Waals surface area contributed by atoms with Crippen LogP contribution < -0.4 is 5.32 Å². The number of aryl methyl sites for hydroxylation is 2. The van der Waals surface area contributed by atoms with E-state index in [1.807, 2.05) is 36.4 Å². The number of nitrogens with one attached hydrogen (secondary N) is 1. The van der Waals surface area contributed by atoms with Crippen molar-refractivity contribution in [3.8, 4) is 22.3 Å². The maximum absolute atomic E-state index is 13.8. The molecule has 6 aromatic carbocycles. The van der Waals surface area contributed by atoms with Crippen LogP contribution in [-0.2, 0) is 21.4 Å². The third-order valence-electron chi connectivity index (χ3n) is 9.91. The van der Waals surface area contributed by atoms with Gasteiger partial charge in [0, 0.05) is 5.69 Å². The number of hydrogen-bond acceptors (Lipinski definition) is 5. The molecular weight excluding hydrogens is 631 g/mol. The largest absolute Gasteiger partial charge is 0.462 e. The van der Waals surface area contributed by atoms with E-state index in [2.05, 4.69) is 106 Å². The zero-order valence-electron chi connectivity index (χ0n) is 30.6. The van der Waals surface area contributed by atoms with Crippen molar-refractivity contribution in [1.82, 2.24) is 0 Å². The molecule has 0 radical (unpaired) electrons. The molecule has 0 bridgehead atoms. The van der Waals surface area contributed by atoms with Crippen LogP contribution in [-0.4, -0.2) is 25.2 Å². The summed E-state index contributed by atoms with van der Waals surface area (Å²) in [5.41, 5.74) is 8.04. The highest BCUT2D eigenvalue weighted by Crippen LogP contribution is 2.41. The fraction of sp³-hybridized carbons (Fsp3) is 0.261. The molecule has 0 heterocycles. The molecule has 6 rings (SSSR count). The summed E-state index contributed by atoms with van der Waals surface area (Å²) in [6.45, 7) is 12.7. The van der Waals surface area contributed by atoms with Crippen molar-refractivity contribution >= 4 is 39.2 Å². The average molecular weight is 678 g/mol. The molecule has 0 aliphatic rings. The number of fused-ring (bicyclic) bond motifs is 3. The van der Waals surface area contributed by atoms with E-state index in [0.717, 1.165) is 63.2 Å². The molecule has 1 atom stereocenters. The molecule has 1 N–H and O–H groups in total. The monoisotopic (exact) mass is 677 g/mol. The number of carbonyl (C=O) groups is 2. The molecule has 0 spiro atoms. The van der Waals surface area contributed by atoms with Crippen LogP contribution in [0.25, 0.3) is 43.8 Å². The first-order chi connectivity index (χ1) is 24.7. The van der Waals surface area contributed by atoms with Gasteiger partial charge in [-0.3, -0.25) is 0 Å². The van der Waals surface area contributed by atoms with Gasteiger partial charge in [-0.15, -0.1) is 0 Å². The fourth-order valence-electron chi connectivity index (χ4n) is 6.97. The lowest BCUT2D eigenvalue weighted by molar-refractivity contribution is 0.0513. The number of rotatable bonds is 12. The predicted molar refractivity (Wildman–Crippen MR) is 211 cm³/mol. The van der Waals surface area contributed by atoms with Gasteiger partial charge in [-0.05, 0) is 126 Å². The van der Waals surface area contributed by atoms with Gasteiger partial charge in [-0.25, -0.2) is 9.59 Å². The van der Waals surface area contributed by atoms with Crippen LogP contribution in [0.3, 0.4) is 0 Å². The Hall–Kier alpha value is -5.42. The average Bonchev–Trinajstić information content (AvgIpc) is 3.15. The van der Waals surface area contributed by atoms with Crippen molar-refractivity contribution in [1.29, 1.82) is 0 Å². The van der Waals surface area contributed by atoms with Gasteiger partial charge in [-0.2, -0.15) is 0 Å². The topological polar surface area (TPSA) is 64.6 Å². The summed E-state index contributed by atoms with van der Waals surface area (Å²) in [7, 11) is 0. The fourth-order valence-corrected chi connectivity index (χ4v) is 6.97. The first kappa shape index (κ1) is 35.4. The van der Waals surface area contributed by atoms with Gasteiger partial charge < -0.3 is 14.8 Å². The molecule has 5 nitrogen and oxygen atoms in total. The van der Waals surface area contributed by atoms with Crippen molar-refractivity contribution in [2.45, 2.75) is 66.3 Å². The lowest BCUT2D eigenvalue weighted by Crippen LogP contribution is -2.31. The van der Waals surface area contributed by atoms with Gasteiger partial charge >= 0.3 is 11.9 Å². The highest BCUT2D eigenvalue weighted by Gasteiger charge is 2.27. The van der Waals surface area contributed by atoms with Crippen LogP contribution in [0.15, 0.2) is 109 Å². The Kier molecular flexibility index (Phi) is 10.6. The third-order valence-corrected chi connectivity index (χ3v) is 9.91. The smallest absolute Gasteiger partial charge is 0.338 e. The Labute approximate surface area is 301 Å². The Balaban J connectivity index is 1.53. The van der Waals surface area contributed by atoms with E-state index >= 15 is 0 Å². The van der Waals surface area contributed by atoms with E-state index in [-0.39, 0.29) is 18.8 Å². The van der Waals surface area contributed by atoms with Crippen LogP contribution in [0.5, 0.6) is 0 Å². The minimum Gasteiger partial charge on any atom is -0.462 e. The maximum atomic E-state index is 13.8. The number of anilines is 1. The zero-order valence-corrected chi connectivity index (χ0v) is 30.6. The minimum atomic E-state index is -0.443. The molecule has 0 fully saturated rings. The summed E-state index contributed by atoms with van der Waals surface area (Å²) in [6, 6.07) is 37.3. The number of hydrogen-bond donors (Lipinski definition) is 1. The van der Waals surface area contributed by atoms with Gasteiger partial charge in [0.15, 0.2) is 0 Å². The van der Waals surface area contributed by atoms with Crippen LogP contribution in [0.2, 0.25) is 0 Å². The predicted octanol–water partition coefficient (Wildman–Crippen LogP) is 11.7. The summed E-state index contributed by atoms with van der Waals surface area (Å²) < 4.78 is 11.3. The van der Waals surface area contributed by atoms with Crippen molar-refractivity contribution < 1.29 is 19.1 Å². The molecule has 1 unspecified atom stereocenters. The standard InChI is InChI=1S/C46H47NO4/c1-7-13-31-18-19-33-27-40(37-15-12-11-14-36(37)38(33)26-31)41-29-42(44(48)50-9-3)39(28-43(41)45(49)51-10-4)32-20-22-34(23-21-32)46(6,8-2)47-35-24-16-30(5)17-25-35/h11-12,14-29,47H,7-10,13H2,1-6H3. The van der Waals surface area contributed by atoms with Gasteiger partial charge in [0.2, 0.25) is 0 Å². The molecule has 6 aromatic rings. The van der Waals surface area contributed by atoms with Gasteiger partial charge in [-0.1, -0.05) is 105 Å². The molecule has 5 heteroatoms. The Morgan fingerprint density at radius 1 is 0.647 bits per heavy atom. The molecule has 0 amide bonds. The van der Waals surface area contributed by atoms with Crippen LogP contribution in [0, 0.1) is 6.92 Å². The molecular formula is C46H47NO4. The van der Waals surface area contributed by atoms with Gasteiger partial charge in [0.1, 0.15) is 0 Å². The number of carbonyl (C=O) groups excluding carboxylic acids is 2. The van der Waals surface area contributed by atoms with Crippen molar-refractivity contribution in [3.05, 3.63) is 137 Å². The van der Waals surface area contributed by atoms with Gasteiger partial charge in [0.25, 0.3) is 0 Å². The van der Waals surface area contributed by atoms with E-state index in [1.54, 1.807) is 13.8 Å². The Morgan fingerprint density at radius 2 is 1.27 bits per heavy atom. The Morgan fingerprint density at radius 3 is 1.90 bits per heavy atom.